The molecule has 0 aliphatic carbocycles. The van der Waals surface area contributed by atoms with Gasteiger partial charge < -0.3 is 4.98 Å². The van der Waals surface area contributed by atoms with Crippen LogP contribution < -0.4 is 5.56 Å². The number of hydrogen-bond donors (Lipinski definition) is 1. The van der Waals surface area contributed by atoms with Gasteiger partial charge in [0.25, 0.3) is 5.56 Å². The molecule has 0 atom stereocenters. The highest BCUT2D eigenvalue weighted by Crippen LogP contribution is 2.33. The molecule has 1 N–H and O–H groups in total. The SMILES string of the molecule is Cc1ccc(Cc2nc3c(c(C)nn3-c3c(Cl)cc(Cl)cc3Cl)c(=O)[nH]2)cc1. The molecule has 0 saturated heterocycles. The maximum atomic E-state index is 12.7. The van der Waals surface area contributed by atoms with Gasteiger partial charge in [-0.1, -0.05) is 64.6 Å². The van der Waals surface area contributed by atoms with E-state index >= 15 is 0 Å². The zero-order valence-corrected chi connectivity index (χ0v) is 17.3. The molecule has 0 radical (unpaired) electrons. The van der Waals surface area contributed by atoms with Crippen LogP contribution in [0.1, 0.15) is 22.6 Å². The smallest absolute Gasteiger partial charge is 0.262 e. The third-order valence-corrected chi connectivity index (χ3v) is 5.24. The first-order valence-corrected chi connectivity index (χ1v) is 9.66. The van der Waals surface area contributed by atoms with Crippen molar-refractivity contribution in [2.45, 2.75) is 20.3 Å². The minimum atomic E-state index is -0.253. The maximum absolute atomic E-state index is 12.7. The van der Waals surface area contributed by atoms with Crippen LogP contribution in [0.15, 0.2) is 41.2 Å². The Balaban J connectivity index is 1.91. The van der Waals surface area contributed by atoms with E-state index in [9.17, 15) is 4.79 Å². The fraction of sp³-hybridized carbons (Fsp3) is 0.150. The molecule has 0 saturated carbocycles. The summed E-state index contributed by atoms with van der Waals surface area (Å²) in [6, 6.07) is 11.2. The van der Waals surface area contributed by atoms with Crippen LogP contribution in [0.5, 0.6) is 0 Å². The average Bonchev–Trinajstić information content (AvgIpc) is 2.93. The molecule has 2 heterocycles. The molecule has 4 rings (SSSR count). The monoisotopic (exact) mass is 432 g/mol. The number of hydrogen-bond acceptors (Lipinski definition) is 3. The van der Waals surface area contributed by atoms with Crippen molar-refractivity contribution in [1.29, 1.82) is 0 Å². The predicted octanol–water partition coefficient (Wildman–Crippen LogP) is 5.28. The summed E-state index contributed by atoms with van der Waals surface area (Å²) in [5.74, 6) is 0.531. The summed E-state index contributed by atoms with van der Waals surface area (Å²) in [5, 5.41) is 5.91. The number of halogens is 3. The summed E-state index contributed by atoms with van der Waals surface area (Å²) in [5.41, 5.74) is 3.32. The highest BCUT2D eigenvalue weighted by Gasteiger charge is 2.19. The molecular weight excluding hydrogens is 419 g/mol. The second-order valence-corrected chi connectivity index (χ2v) is 7.84. The Morgan fingerprint density at radius 3 is 2.32 bits per heavy atom. The fourth-order valence-corrected chi connectivity index (χ4v) is 4.09. The number of rotatable bonds is 3. The molecule has 0 bridgehead atoms. The topological polar surface area (TPSA) is 63.6 Å². The summed E-state index contributed by atoms with van der Waals surface area (Å²) in [6.45, 7) is 3.77. The fourth-order valence-electron chi connectivity index (χ4n) is 3.11. The van der Waals surface area contributed by atoms with Crippen LogP contribution in [0.25, 0.3) is 16.7 Å². The van der Waals surface area contributed by atoms with E-state index < -0.39 is 0 Å². The van der Waals surface area contributed by atoms with Gasteiger partial charge in [0.1, 0.15) is 16.9 Å². The summed E-state index contributed by atoms with van der Waals surface area (Å²) in [4.78, 5) is 20.2. The maximum Gasteiger partial charge on any atom is 0.262 e. The van der Waals surface area contributed by atoms with Crippen LogP contribution in [0.2, 0.25) is 15.1 Å². The van der Waals surface area contributed by atoms with Crippen molar-refractivity contribution in [2.24, 2.45) is 0 Å². The van der Waals surface area contributed by atoms with E-state index in [1.165, 1.54) is 10.2 Å². The van der Waals surface area contributed by atoms with E-state index in [4.69, 9.17) is 34.8 Å². The third-order valence-electron chi connectivity index (χ3n) is 4.45. The molecule has 2 aromatic carbocycles. The van der Waals surface area contributed by atoms with Gasteiger partial charge in [-0.2, -0.15) is 5.10 Å². The van der Waals surface area contributed by atoms with Gasteiger partial charge in [0.15, 0.2) is 5.65 Å². The average molecular weight is 434 g/mol. The largest absolute Gasteiger partial charge is 0.310 e. The summed E-state index contributed by atoms with van der Waals surface area (Å²) < 4.78 is 1.50. The van der Waals surface area contributed by atoms with Crippen LogP contribution in [0.3, 0.4) is 0 Å². The van der Waals surface area contributed by atoms with Crippen molar-refractivity contribution < 1.29 is 0 Å². The lowest BCUT2D eigenvalue weighted by atomic mass is 10.1. The first kappa shape index (κ1) is 19.0. The van der Waals surface area contributed by atoms with Crippen molar-refractivity contribution in [3.8, 4) is 5.69 Å². The molecule has 0 aliphatic rings. The molecule has 4 aromatic rings. The predicted molar refractivity (Wildman–Crippen MR) is 113 cm³/mol. The number of nitrogens with zero attached hydrogens (tertiary/aromatic N) is 3. The second-order valence-electron chi connectivity index (χ2n) is 6.59. The molecule has 0 spiro atoms. The Morgan fingerprint density at radius 2 is 1.68 bits per heavy atom. The second kappa shape index (κ2) is 7.24. The molecule has 0 aliphatic heterocycles. The quantitative estimate of drug-likeness (QED) is 0.478. The number of nitrogens with one attached hydrogen (secondary N) is 1. The van der Waals surface area contributed by atoms with Crippen LogP contribution in [0.4, 0.5) is 0 Å². The van der Waals surface area contributed by atoms with Crippen LogP contribution >= 0.6 is 34.8 Å². The van der Waals surface area contributed by atoms with Gasteiger partial charge in [0, 0.05) is 11.4 Å². The first-order chi connectivity index (χ1) is 13.3. The lowest BCUT2D eigenvalue weighted by Gasteiger charge is -2.09. The highest BCUT2D eigenvalue weighted by atomic mass is 35.5. The van der Waals surface area contributed by atoms with E-state index in [1.807, 2.05) is 31.2 Å². The van der Waals surface area contributed by atoms with Gasteiger partial charge >= 0.3 is 0 Å². The van der Waals surface area contributed by atoms with Gasteiger partial charge in [-0.05, 0) is 31.5 Å². The van der Waals surface area contributed by atoms with E-state index in [2.05, 4.69) is 15.1 Å². The number of benzene rings is 2. The molecule has 0 fully saturated rings. The van der Waals surface area contributed by atoms with E-state index in [0.717, 1.165) is 5.56 Å². The normalized spacial score (nSPS) is 11.3. The molecule has 142 valence electrons. The van der Waals surface area contributed by atoms with Crippen LogP contribution in [-0.2, 0) is 6.42 Å². The van der Waals surface area contributed by atoms with Gasteiger partial charge in [0.2, 0.25) is 0 Å². The number of H-pyrrole nitrogens is 1. The standard InChI is InChI=1S/C20H15Cl3N4O/c1-10-3-5-12(6-4-10)7-16-24-19-17(20(28)25-16)11(2)26-27(19)18-14(22)8-13(21)9-15(18)23/h3-6,8-9H,7H2,1-2H3,(H,24,25,28). The zero-order valence-electron chi connectivity index (χ0n) is 15.1. The Hall–Kier alpha value is -2.34. The molecule has 5 nitrogen and oxygen atoms in total. The molecule has 0 unspecified atom stereocenters. The number of fused-ring (bicyclic) bond motifs is 1. The molecule has 28 heavy (non-hydrogen) atoms. The third kappa shape index (κ3) is 3.41. The Kier molecular flexibility index (Phi) is 4.91. The minimum absolute atomic E-state index is 0.253. The van der Waals surface area contributed by atoms with Gasteiger partial charge in [-0.15, -0.1) is 0 Å². The van der Waals surface area contributed by atoms with Crippen molar-refractivity contribution in [3.63, 3.8) is 0 Å². The lowest BCUT2D eigenvalue weighted by molar-refractivity contribution is 0.866. The zero-order chi connectivity index (χ0) is 20.0. The first-order valence-electron chi connectivity index (χ1n) is 8.52. The van der Waals surface area contributed by atoms with Gasteiger partial charge in [-0.25, -0.2) is 9.67 Å². The Bertz CT molecular complexity index is 1240. The lowest BCUT2D eigenvalue weighted by Crippen LogP contribution is -2.13. The Morgan fingerprint density at radius 1 is 1.04 bits per heavy atom. The summed E-state index contributed by atoms with van der Waals surface area (Å²) in [6.07, 6.45) is 0.484. The van der Waals surface area contributed by atoms with Crippen LogP contribution in [0, 0.1) is 13.8 Å². The van der Waals surface area contributed by atoms with E-state index in [1.54, 1.807) is 19.1 Å². The molecular formula is C20H15Cl3N4O. The Labute approximate surface area is 175 Å². The van der Waals surface area contributed by atoms with Crippen molar-refractivity contribution >= 4 is 45.8 Å². The summed E-state index contributed by atoms with van der Waals surface area (Å²) >= 11 is 18.7. The summed E-state index contributed by atoms with van der Waals surface area (Å²) in [7, 11) is 0. The van der Waals surface area contributed by atoms with Crippen LogP contribution in [-0.4, -0.2) is 19.7 Å². The molecule has 8 heteroatoms. The highest BCUT2D eigenvalue weighted by molar-refractivity contribution is 6.40. The minimum Gasteiger partial charge on any atom is -0.310 e. The van der Waals surface area contributed by atoms with E-state index in [0.29, 0.717) is 49.7 Å². The van der Waals surface area contributed by atoms with Crippen molar-refractivity contribution in [1.82, 2.24) is 19.7 Å². The van der Waals surface area contributed by atoms with Gasteiger partial charge in [0.05, 0.1) is 15.7 Å². The van der Waals surface area contributed by atoms with Crippen molar-refractivity contribution in [2.75, 3.05) is 0 Å². The van der Waals surface area contributed by atoms with Gasteiger partial charge in [-0.3, -0.25) is 4.79 Å². The van der Waals surface area contributed by atoms with Crippen molar-refractivity contribution in [3.05, 3.63) is 84.5 Å². The molecule has 0 amide bonds. The van der Waals surface area contributed by atoms with E-state index in [-0.39, 0.29) is 5.56 Å². The number of aryl methyl sites for hydroxylation is 2. The molecule has 2 aromatic heterocycles. The number of aromatic amines is 1. The number of aromatic nitrogens is 4.